The summed E-state index contributed by atoms with van der Waals surface area (Å²) in [6.45, 7) is 0. The summed E-state index contributed by atoms with van der Waals surface area (Å²) >= 11 is 1.70. The van der Waals surface area contributed by atoms with Crippen molar-refractivity contribution in [3.05, 3.63) is 34.7 Å². The number of carbonyl (C=O) groups is 1. The van der Waals surface area contributed by atoms with E-state index in [2.05, 4.69) is 0 Å². The Morgan fingerprint density at radius 3 is 2.50 bits per heavy atom. The Morgan fingerprint density at radius 1 is 1.23 bits per heavy atom. The summed E-state index contributed by atoms with van der Waals surface area (Å²) in [5, 5.41) is 8.66. The number of allylic oxidation sites excluding steroid dienone is 1. The molecule has 140 valence electrons. The molecule has 5 N–H and O–H groups in total. The quantitative estimate of drug-likeness (QED) is 0.552. The average molecular weight is 374 g/mol. The standard InChI is InChI=1S/C20H27N3O2S/c1-25-17(24)10-12-2-4-13(5-3-12)16-11-26-20(19(16)23)18(22)14-6-8-15(21)9-7-14/h6-9,12-13,16,23H,2-5,10-11,21-22H2,1H3/b20-18+,23-19?. The maximum Gasteiger partial charge on any atom is 0.305 e. The molecule has 2 aliphatic rings. The van der Waals surface area contributed by atoms with E-state index in [1.807, 2.05) is 24.3 Å². The van der Waals surface area contributed by atoms with E-state index in [0.717, 1.165) is 41.9 Å². The largest absolute Gasteiger partial charge is 0.469 e. The SMILES string of the molecule is COC(=O)CC1CCC(C2CS/C(=C(/N)c3ccc(N)cc3)C2=N)CC1. The number of carbonyl (C=O) groups excluding carboxylic acids is 1. The number of esters is 1. The van der Waals surface area contributed by atoms with Crippen molar-refractivity contribution in [3.8, 4) is 0 Å². The lowest BCUT2D eigenvalue weighted by molar-refractivity contribution is -0.142. The van der Waals surface area contributed by atoms with Crippen LogP contribution in [0.15, 0.2) is 29.2 Å². The lowest BCUT2D eigenvalue weighted by Gasteiger charge is -2.31. The number of hydrogen-bond acceptors (Lipinski definition) is 6. The van der Waals surface area contributed by atoms with Crippen molar-refractivity contribution in [2.24, 2.45) is 23.5 Å². The molecule has 3 rings (SSSR count). The number of methoxy groups -OCH3 is 1. The van der Waals surface area contributed by atoms with Crippen LogP contribution < -0.4 is 11.5 Å². The van der Waals surface area contributed by atoms with E-state index in [0.29, 0.717) is 35.4 Å². The van der Waals surface area contributed by atoms with Crippen molar-refractivity contribution in [1.82, 2.24) is 0 Å². The molecule has 1 aromatic rings. The molecule has 6 heteroatoms. The summed E-state index contributed by atoms with van der Waals surface area (Å²) < 4.78 is 4.78. The van der Waals surface area contributed by atoms with E-state index >= 15 is 0 Å². The molecule has 26 heavy (non-hydrogen) atoms. The van der Waals surface area contributed by atoms with Gasteiger partial charge in [-0.15, -0.1) is 11.8 Å². The zero-order valence-corrected chi connectivity index (χ0v) is 16.0. The number of nitrogen functional groups attached to an aromatic ring is 1. The van der Waals surface area contributed by atoms with Crippen LogP contribution in [0.2, 0.25) is 0 Å². The molecule has 1 unspecified atom stereocenters. The topological polar surface area (TPSA) is 102 Å². The van der Waals surface area contributed by atoms with Crippen molar-refractivity contribution in [2.45, 2.75) is 32.1 Å². The monoisotopic (exact) mass is 373 g/mol. The third kappa shape index (κ3) is 4.06. The van der Waals surface area contributed by atoms with Crippen molar-refractivity contribution < 1.29 is 9.53 Å². The summed E-state index contributed by atoms with van der Waals surface area (Å²) in [6.07, 6.45) is 4.76. The maximum absolute atomic E-state index is 11.5. The molecule has 1 aliphatic carbocycles. The Labute approximate surface area is 159 Å². The first kappa shape index (κ1) is 18.8. The van der Waals surface area contributed by atoms with Crippen LogP contribution in [0, 0.1) is 23.2 Å². The fraction of sp³-hybridized carbons (Fsp3) is 0.500. The van der Waals surface area contributed by atoms with Gasteiger partial charge in [-0.25, -0.2) is 0 Å². The molecule has 0 radical (unpaired) electrons. The predicted octanol–water partition coefficient (Wildman–Crippen LogP) is 3.65. The number of ether oxygens (including phenoxy) is 1. The highest BCUT2D eigenvalue weighted by atomic mass is 32.2. The smallest absolute Gasteiger partial charge is 0.305 e. The number of hydrogen-bond donors (Lipinski definition) is 3. The molecule has 1 saturated heterocycles. The molecular formula is C20H27N3O2S. The summed E-state index contributed by atoms with van der Waals surface area (Å²) in [4.78, 5) is 12.4. The number of nitrogens with one attached hydrogen (secondary N) is 1. The van der Waals surface area contributed by atoms with Gasteiger partial charge in [0.15, 0.2) is 0 Å². The maximum atomic E-state index is 11.5. The molecule has 0 amide bonds. The molecule has 0 aromatic heterocycles. The molecular weight excluding hydrogens is 346 g/mol. The summed E-state index contributed by atoms with van der Waals surface area (Å²) in [7, 11) is 1.45. The fourth-order valence-electron chi connectivity index (χ4n) is 4.00. The Bertz CT molecular complexity index is 706. The third-order valence-corrected chi connectivity index (χ3v) is 6.89. The van der Waals surface area contributed by atoms with E-state index in [1.54, 1.807) is 11.8 Å². The van der Waals surface area contributed by atoms with Gasteiger partial charge in [0, 0.05) is 23.8 Å². The zero-order chi connectivity index (χ0) is 18.7. The van der Waals surface area contributed by atoms with Gasteiger partial charge in [0.05, 0.1) is 23.4 Å². The molecule has 1 heterocycles. The molecule has 2 fully saturated rings. The highest BCUT2D eigenvalue weighted by molar-refractivity contribution is 8.04. The predicted molar refractivity (Wildman–Crippen MR) is 108 cm³/mol. The highest BCUT2D eigenvalue weighted by Crippen LogP contribution is 2.44. The number of nitrogens with two attached hydrogens (primary N) is 2. The molecule has 5 nitrogen and oxygen atoms in total. The van der Waals surface area contributed by atoms with Crippen LogP contribution in [0.1, 0.15) is 37.7 Å². The molecule has 1 atom stereocenters. The van der Waals surface area contributed by atoms with Crippen molar-refractivity contribution in [3.63, 3.8) is 0 Å². The first-order chi connectivity index (χ1) is 12.5. The van der Waals surface area contributed by atoms with Gasteiger partial charge >= 0.3 is 5.97 Å². The second kappa shape index (κ2) is 8.16. The number of anilines is 1. The van der Waals surface area contributed by atoms with Crippen molar-refractivity contribution in [1.29, 1.82) is 5.41 Å². The molecule has 1 saturated carbocycles. The van der Waals surface area contributed by atoms with Crippen LogP contribution in [-0.2, 0) is 9.53 Å². The van der Waals surface area contributed by atoms with Crippen LogP contribution >= 0.6 is 11.8 Å². The van der Waals surface area contributed by atoms with E-state index in [1.165, 1.54) is 7.11 Å². The van der Waals surface area contributed by atoms with Crippen molar-refractivity contribution in [2.75, 3.05) is 18.6 Å². The minimum absolute atomic E-state index is 0.112. The lowest BCUT2D eigenvalue weighted by atomic mass is 9.74. The molecule has 1 aromatic carbocycles. The third-order valence-electron chi connectivity index (χ3n) is 5.63. The first-order valence-corrected chi connectivity index (χ1v) is 10.1. The van der Waals surface area contributed by atoms with E-state index < -0.39 is 0 Å². The van der Waals surface area contributed by atoms with Gasteiger partial charge in [-0.3, -0.25) is 4.79 Å². The second-order valence-electron chi connectivity index (χ2n) is 7.26. The Balaban J connectivity index is 1.64. The van der Waals surface area contributed by atoms with Crippen LogP contribution in [0.25, 0.3) is 5.70 Å². The average Bonchev–Trinajstić information content (AvgIpc) is 3.03. The van der Waals surface area contributed by atoms with Gasteiger partial charge in [0.2, 0.25) is 0 Å². The van der Waals surface area contributed by atoms with E-state index in [4.69, 9.17) is 21.6 Å². The Morgan fingerprint density at radius 2 is 1.88 bits per heavy atom. The van der Waals surface area contributed by atoms with Gasteiger partial charge in [-0.2, -0.15) is 0 Å². The normalized spacial score (nSPS) is 28.0. The Kier molecular flexibility index (Phi) is 5.91. The zero-order valence-electron chi connectivity index (χ0n) is 15.2. The Hall–Kier alpha value is -1.95. The first-order valence-electron chi connectivity index (χ1n) is 9.13. The minimum atomic E-state index is -0.112. The number of benzene rings is 1. The van der Waals surface area contributed by atoms with Crippen molar-refractivity contribution >= 4 is 34.8 Å². The lowest BCUT2D eigenvalue weighted by Crippen LogP contribution is -2.27. The molecule has 1 aliphatic heterocycles. The van der Waals surface area contributed by atoms with Crippen LogP contribution in [0.4, 0.5) is 5.69 Å². The summed E-state index contributed by atoms with van der Waals surface area (Å²) in [6, 6.07) is 7.51. The van der Waals surface area contributed by atoms with E-state index in [-0.39, 0.29) is 11.9 Å². The number of rotatable bonds is 4. The van der Waals surface area contributed by atoms with Gasteiger partial charge in [0.1, 0.15) is 0 Å². The van der Waals surface area contributed by atoms with Crippen LogP contribution in [-0.4, -0.2) is 24.5 Å². The fourth-order valence-corrected chi connectivity index (χ4v) is 5.37. The summed E-state index contributed by atoms with van der Waals surface area (Å²) in [5.41, 5.74) is 15.1. The van der Waals surface area contributed by atoms with Crippen LogP contribution in [0.5, 0.6) is 0 Å². The number of thioether (sulfide) groups is 1. The van der Waals surface area contributed by atoms with Crippen LogP contribution in [0.3, 0.4) is 0 Å². The molecule has 0 bridgehead atoms. The summed E-state index contributed by atoms with van der Waals surface area (Å²) in [5.74, 6) is 2.02. The minimum Gasteiger partial charge on any atom is -0.469 e. The van der Waals surface area contributed by atoms with E-state index in [9.17, 15) is 4.79 Å². The van der Waals surface area contributed by atoms with Gasteiger partial charge in [-0.1, -0.05) is 12.1 Å². The van der Waals surface area contributed by atoms with Gasteiger partial charge < -0.3 is 21.6 Å². The van der Waals surface area contributed by atoms with Gasteiger partial charge in [-0.05, 0) is 55.2 Å². The highest BCUT2D eigenvalue weighted by Gasteiger charge is 2.37. The van der Waals surface area contributed by atoms with Gasteiger partial charge in [0.25, 0.3) is 0 Å². The second-order valence-corrected chi connectivity index (χ2v) is 8.29. The molecule has 0 spiro atoms.